The summed E-state index contributed by atoms with van der Waals surface area (Å²) in [5, 5.41) is 3.17. The van der Waals surface area contributed by atoms with Crippen molar-refractivity contribution in [3.8, 4) is 5.75 Å². The second kappa shape index (κ2) is 26.8. The molecular weight excluding hydrogens is 643 g/mol. The minimum Gasteiger partial charge on any atom is -0.497 e. The predicted molar refractivity (Wildman–Crippen MR) is 219 cm³/mol. The number of amides is 3. The van der Waals surface area contributed by atoms with Crippen molar-refractivity contribution in [1.82, 2.24) is 15.1 Å². The molecule has 6 nitrogen and oxygen atoms in total. The summed E-state index contributed by atoms with van der Waals surface area (Å²) in [7, 11) is 1.64. The maximum absolute atomic E-state index is 14.5. The van der Waals surface area contributed by atoms with Crippen molar-refractivity contribution in [1.29, 1.82) is 0 Å². The van der Waals surface area contributed by atoms with Crippen LogP contribution >= 0.6 is 0 Å². The van der Waals surface area contributed by atoms with Gasteiger partial charge in [0.25, 0.3) is 5.91 Å². The average molecular weight is 718 g/mol. The van der Waals surface area contributed by atoms with Gasteiger partial charge in [0.2, 0.25) is 0 Å². The van der Waals surface area contributed by atoms with E-state index in [-0.39, 0.29) is 11.9 Å². The first-order valence-corrected chi connectivity index (χ1v) is 21.6. The fourth-order valence-electron chi connectivity index (χ4n) is 7.76. The summed E-state index contributed by atoms with van der Waals surface area (Å²) in [6.45, 7) is 6.74. The summed E-state index contributed by atoms with van der Waals surface area (Å²) in [6, 6.07) is 17.3. The molecule has 0 saturated carbocycles. The number of benzene rings is 2. The number of carbonyl (C=O) groups is 2. The van der Waals surface area contributed by atoms with Gasteiger partial charge in [-0.25, -0.2) is 9.69 Å². The third-order valence-corrected chi connectivity index (χ3v) is 11.1. The molecule has 3 amide bonds. The van der Waals surface area contributed by atoms with Crippen LogP contribution in [0.4, 0.5) is 4.79 Å². The first kappa shape index (κ1) is 43.5. The SMILES string of the molecule is CCCCCCCCCCCCCCN(CCCCCCCCCCCCCC)CN1C(=O)NC(Cc2ccccc2)(c2ccc(OC)cc2)C1=O. The van der Waals surface area contributed by atoms with Gasteiger partial charge in [0.05, 0.1) is 13.8 Å². The Labute approximate surface area is 318 Å². The van der Waals surface area contributed by atoms with Crippen molar-refractivity contribution in [2.24, 2.45) is 0 Å². The zero-order valence-corrected chi connectivity index (χ0v) is 33.6. The highest BCUT2D eigenvalue weighted by atomic mass is 16.5. The van der Waals surface area contributed by atoms with Crippen molar-refractivity contribution in [3.05, 3.63) is 65.7 Å². The van der Waals surface area contributed by atoms with Crippen LogP contribution in [0.1, 0.15) is 179 Å². The molecule has 1 atom stereocenters. The Kier molecular flexibility index (Phi) is 22.5. The number of unbranched alkanes of at least 4 members (excludes halogenated alkanes) is 22. The normalized spacial score (nSPS) is 15.9. The molecule has 1 heterocycles. The van der Waals surface area contributed by atoms with E-state index in [0.29, 0.717) is 13.1 Å². The zero-order valence-electron chi connectivity index (χ0n) is 33.6. The molecular formula is C46H75N3O3. The lowest BCUT2D eigenvalue weighted by Crippen LogP contribution is -2.47. The minimum atomic E-state index is -1.15. The van der Waals surface area contributed by atoms with Gasteiger partial charge in [0.15, 0.2) is 5.54 Å². The van der Waals surface area contributed by atoms with Crippen LogP contribution in [-0.4, -0.2) is 48.6 Å². The van der Waals surface area contributed by atoms with Crippen LogP contribution in [0.3, 0.4) is 0 Å². The first-order chi connectivity index (χ1) is 25.5. The van der Waals surface area contributed by atoms with E-state index < -0.39 is 5.54 Å². The summed E-state index contributed by atoms with van der Waals surface area (Å²) in [6.07, 6.45) is 32.1. The van der Waals surface area contributed by atoms with Crippen LogP contribution in [0.15, 0.2) is 54.6 Å². The predicted octanol–water partition coefficient (Wildman–Crippen LogP) is 12.3. The van der Waals surface area contributed by atoms with Crippen molar-refractivity contribution in [2.45, 2.75) is 180 Å². The van der Waals surface area contributed by atoms with E-state index in [1.54, 1.807) is 7.11 Å². The maximum atomic E-state index is 14.5. The first-order valence-electron chi connectivity index (χ1n) is 21.6. The molecule has 0 spiro atoms. The van der Waals surface area contributed by atoms with Crippen LogP contribution < -0.4 is 10.1 Å². The molecule has 292 valence electrons. The largest absolute Gasteiger partial charge is 0.497 e. The van der Waals surface area contributed by atoms with Crippen molar-refractivity contribution in [2.75, 3.05) is 26.9 Å². The molecule has 2 aromatic rings. The van der Waals surface area contributed by atoms with Crippen LogP contribution in [0.25, 0.3) is 0 Å². The Morgan fingerprint density at radius 3 is 1.42 bits per heavy atom. The number of nitrogens with one attached hydrogen (secondary N) is 1. The Morgan fingerprint density at radius 1 is 0.577 bits per heavy atom. The van der Waals surface area contributed by atoms with Crippen molar-refractivity contribution >= 4 is 11.9 Å². The van der Waals surface area contributed by atoms with Gasteiger partial charge >= 0.3 is 6.03 Å². The van der Waals surface area contributed by atoms with E-state index in [1.807, 2.05) is 54.6 Å². The molecule has 52 heavy (non-hydrogen) atoms. The second-order valence-corrected chi connectivity index (χ2v) is 15.5. The summed E-state index contributed by atoms with van der Waals surface area (Å²) in [4.78, 5) is 32.0. The van der Waals surface area contributed by atoms with E-state index in [9.17, 15) is 9.59 Å². The van der Waals surface area contributed by atoms with Gasteiger partial charge in [-0.1, -0.05) is 198 Å². The minimum absolute atomic E-state index is 0.166. The molecule has 1 N–H and O–H groups in total. The Hall–Kier alpha value is -2.86. The van der Waals surface area contributed by atoms with Gasteiger partial charge in [0.1, 0.15) is 5.75 Å². The number of hydrogen-bond acceptors (Lipinski definition) is 4. The lowest BCUT2D eigenvalue weighted by Gasteiger charge is -2.30. The molecule has 6 heteroatoms. The molecule has 2 aromatic carbocycles. The van der Waals surface area contributed by atoms with Gasteiger partial charge in [-0.2, -0.15) is 0 Å². The fourth-order valence-corrected chi connectivity index (χ4v) is 7.76. The van der Waals surface area contributed by atoms with Crippen LogP contribution in [0.2, 0.25) is 0 Å². The molecule has 0 bridgehead atoms. The van der Waals surface area contributed by atoms with Gasteiger partial charge in [-0.3, -0.25) is 9.69 Å². The number of rotatable bonds is 32. The molecule has 1 saturated heterocycles. The molecule has 1 aliphatic heterocycles. The van der Waals surface area contributed by atoms with Crippen LogP contribution in [-0.2, 0) is 16.8 Å². The molecule has 1 unspecified atom stereocenters. The number of methoxy groups -OCH3 is 1. The van der Waals surface area contributed by atoms with E-state index in [2.05, 4.69) is 24.1 Å². The molecule has 0 aromatic heterocycles. The van der Waals surface area contributed by atoms with E-state index in [1.165, 1.54) is 146 Å². The highest BCUT2D eigenvalue weighted by Crippen LogP contribution is 2.34. The Morgan fingerprint density at radius 2 is 1.00 bits per heavy atom. The molecule has 0 aliphatic carbocycles. The molecule has 3 rings (SSSR count). The highest BCUT2D eigenvalue weighted by Gasteiger charge is 2.52. The van der Waals surface area contributed by atoms with Gasteiger partial charge in [0, 0.05) is 6.42 Å². The Balaban J connectivity index is 1.55. The topological polar surface area (TPSA) is 61.9 Å². The van der Waals surface area contributed by atoms with Gasteiger partial charge in [-0.05, 0) is 49.2 Å². The number of nitrogens with zero attached hydrogens (tertiary/aromatic N) is 2. The fraction of sp³-hybridized carbons (Fsp3) is 0.696. The van der Waals surface area contributed by atoms with Gasteiger partial charge in [-0.15, -0.1) is 0 Å². The number of hydrogen-bond donors (Lipinski definition) is 1. The molecule has 1 aliphatic rings. The summed E-state index contributed by atoms with van der Waals surface area (Å²) < 4.78 is 5.41. The quantitative estimate of drug-likeness (QED) is 0.0604. The lowest BCUT2D eigenvalue weighted by atomic mass is 9.83. The average Bonchev–Trinajstić information content (AvgIpc) is 3.40. The summed E-state index contributed by atoms with van der Waals surface area (Å²) in [5.74, 6) is 0.559. The lowest BCUT2D eigenvalue weighted by molar-refractivity contribution is -0.133. The van der Waals surface area contributed by atoms with E-state index >= 15 is 0 Å². The monoisotopic (exact) mass is 718 g/mol. The van der Waals surface area contributed by atoms with Crippen LogP contribution in [0.5, 0.6) is 5.75 Å². The van der Waals surface area contributed by atoms with E-state index in [4.69, 9.17) is 4.74 Å². The summed E-state index contributed by atoms with van der Waals surface area (Å²) in [5.41, 5.74) is 0.646. The smallest absolute Gasteiger partial charge is 0.326 e. The maximum Gasteiger partial charge on any atom is 0.326 e. The van der Waals surface area contributed by atoms with Crippen molar-refractivity contribution in [3.63, 3.8) is 0 Å². The van der Waals surface area contributed by atoms with Crippen LogP contribution in [0, 0.1) is 0 Å². The number of carbonyl (C=O) groups excluding carboxylic acids is 2. The van der Waals surface area contributed by atoms with Crippen molar-refractivity contribution < 1.29 is 14.3 Å². The Bertz CT molecular complexity index is 1180. The number of ether oxygens (including phenoxy) is 1. The molecule has 1 fully saturated rings. The zero-order chi connectivity index (χ0) is 37.1. The number of imide groups is 1. The standard InChI is InChI=1S/C46H75N3O3/c1-4-6-8-10-12-14-16-18-20-22-24-29-37-48(38-30-25-23-21-19-17-15-13-11-9-7-5-2)40-49-44(50)46(47-45(49)51,39-41-31-27-26-28-32-41)42-33-35-43(52-3)36-34-42/h26-28,31-36H,4-25,29-30,37-40H2,1-3H3,(H,47,51). The molecule has 0 radical (unpaired) electrons. The number of urea groups is 1. The summed E-state index contributed by atoms with van der Waals surface area (Å²) >= 11 is 0. The third-order valence-electron chi connectivity index (χ3n) is 11.1. The van der Waals surface area contributed by atoms with E-state index in [0.717, 1.165) is 42.8 Å². The highest BCUT2D eigenvalue weighted by molar-refractivity contribution is 6.07. The third kappa shape index (κ3) is 16.0. The second-order valence-electron chi connectivity index (χ2n) is 15.5. The van der Waals surface area contributed by atoms with Gasteiger partial charge < -0.3 is 10.1 Å².